The van der Waals surface area contributed by atoms with Gasteiger partial charge >= 0.3 is 6.03 Å². The van der Waals surface area contributed by atoms with Gasteiger partial charge in [0.1, 0.15) is 0 Å². The number of methoxy groups -OCH3 is 1. The van der Waals surface area contributed by atoms with Gasteiger partial charge in [0, 0.05) is 40.3 Å². The van der Waals surface area contributed by atoms with Gasteiger partial charge in [-0.2, -0.15) is 0 Å². The van der Waals surface area contributed by atoms with Crippen LogP contribution in [0, 0.1) is 11.8 Å². The van der Waals surface area contributed by atoms with E-state index < -0.39 is 0 Å². The number of nitrogens with zero attached hydrogens (tertiary/aromatic N) is 2. The molecular weight excluding hydrogens is 270 g/mol. The van der Waals surface area contributed by atoms with Crippen molar-refractivity contribution in [3.63, 3.8) is 0 Å². The number of hydrogen-bond donors (Lipinski definition) is 1. The molecule has 3 amide bonds. The van der Waals surface area contributed by atoms with Crippen LogP contribution in [-0.4, -0.2) is 68.7 Å². The Morgan fingerprint density at radius 2 is 1.71 bits per heavy atom. The van der Waals surface area contributed by atoms with E-state index >= 15 is 0 Å². The average Bonchev–Trinajstić information content (AvgIpc) is 3.02. The molecule has 2 rings (SSSR count). The van der Waals surface area contributed by atoms with Crippen molar-refractivity contribution in [1.82, 2.24) is 15.1 Å². The molecule has 0 aromatic heterocycles. The average molecular weight is 297 g/mol. The Balaban J connectivity index is 1.75. The highest BCUT2D eigenvalue weighted by Crippen LogP contribution is 2.32. The largest absolute Gasteiger partial charge is 0.384 e. The maximum atomic E-state index is 12.0. The van der Waals surface area contributed by atoms with Crippen LogP contribution in [0.1, 0.15) is 25.7 Å². The zero-order valence-corrected chi connectivity index (χ0v) is 13.1. The standard InChI is InChI=1S/C15H27N3O3/c1-16-15(20)17-7-3-12(4-8-17)13-5-9-18(11-13)14(19)6-10-21-2/h12-13H,3-11H2,1-2H3,(H,16,20). The monoisotopic (exact) mass is 297 g/mol. The molecule has 0 aromatic carbocycles. The summed E-state index contributed by atoms with van der Waals surface area (Å²) in [5, 5.41) is 2.68. The molecule has 2 saturated heterocycles. The second-order valence-electron chi connectivity index (χ2n) is 6.01. The number of amides is 3. The van der Waals surface area contributed by atoms with Gasteiger partial charge in [0.15, 0.2) is 0 Å². The van der Waals surface area contributed by atoms with Gasteiger partial charge in [-0.1, -0.05) is 0 Å². The predicted molar refractivity (Wildman–Crippen MR) is 79.9 cm³/mol. The minimum atomic E-state index is 0.0243. The van der Waals surface area contributed by atoms with E-state index in [0.29, 0.717) is 24.9 Å². The molecule has 1 atom stereocenters. The minimum absolute atomic E-state index is 0.0243. The highest BCUT2D eigenvalue weighted by Gasteiger charge is 2.34. The van der Waals surface area contributed by atoms with Gasteiger partial charge in [-0.25, -0.2) is 4.79 Å². The van der Waals surface area contributed by atoms with E-state index in [9.17, 15) is 9.59 Å². The fourth-order valence-corrected chi connectivity index (χ4v) is 3.48. The molecule has 0 radical (unpaired) electrons. The molecule has 120 valence electrons. The maximum absolute atomic E-state index is 12.0. The van der Waals surface area contributed by atoms with Crippen LogP contribution < -0.4 is 5.32 Å². The number of nitrogens with one attached hydrogen (secondary N) is 1. The second-order valence-corrected chi connectivity index (χ2v) is 6.01. The number of urea groups is 1. The van der Waals surface area contributed by atoms with Crippen molar-refractivity contribution in [3.05, 3.63) is 0 Å². The molecule has 6 nitrogen and oxygen atoms in total. The molecule has 6 heteroatoms. The van der Waals surface area contributed by atoms with Crippen molar-refractivity contribution < 1.29 is 14.3 Å². The molecule has 0 saturated carbocycles. The Kier molecular flexibility index (Phi) is 5.85. The first-order valence-corrected chi connectivity index (χ1v) is 7.89. The number of rotatable bonds is 4. The van der Waals surface area contributed by atoms with Crippen LogP contribution in [0.15, 0.2) is 0 Å². The molecule has 0 aromatic rings. The molecule has 2 fully saturated rings. The van der Waals surface area contributed by atoms with E-state index in [4.69, 9.17) is 4.74 Å². The quantitative estimate of drug-likeness (QED) is 0.839. The fourth-order valence-electron chi connectivity index (χ4n) is 3.48. The zero-order chi connectivity index (χ0) is 15.2. The highest BCUT2D eigenvalue weighted by atomic mass is 16.5. The van der Waals surface area contributed by atoms with Crippen LogP contribution in [0.5, 0.6) is 0 Å². The summed E-state index contributed by atoms with van der Waals surface area (Å²) in [5.74, 6) is 1.46. The third-order valence-corrected chi connectivity index (χ3v) is 4.80. The Bertz CT molecular complexity index is 367. The van der Waals surface area contributed by atoms with Gasteiger partial charge in [-0.15, -0.1) is 0 Å². The van der Waals surface area contributed by atoms with E-state index in [1.165, 1.54) is 0 Å². The van der Waals surface area contributed by atoms with Crippen molar-refractivity contribution >= 4 is 11.9 Å². The first kappa shape index (κ1) is 16.1. The topological polar surface area (TPSA) is 61.9 Å². The van der Waals surface area contributed by atoms with Crippen LogP contribution >= 0.6 is 0 Å². The summed E-state index contributed by atoms with van der Waals surface area (Å²) in [6.45, 7) is 3.93. The molecule has 0 bridgehead atoms. The molecule has 2 aliphatic rings. The summed E-state index contributed by atoms with van der Waals surface area (Å²) in [7, 11) is 3.30. The third-order valence-electron chi connectivity index (χ3n) is 4.80. The maximum Gasteiger partial charge on any atom is 0.317 e. The van der Waals surface area contributed by atoms with Crippen LogP contribution in [0.4, 0.5) is 4.79 Å². The summed E-state index contributed by atoms with van der Waals surface area (Å²) in [6, 6.07) is 0.0243. The van der Waals surface area contributed by atoms with E-state index in [1.807, 2.05) is 9.80 Å². The first-order chi connectivity index (χ1) is 10.2. The SMILES string of the molecule is CNC(=O)N1CCC(C2CCN(C(=O)CCOC)C2)CC1. The van der Waals surface area contributed by atoms with Gasteiger partial charge in [-0.3, -0.25) is 4.79 Å². The van der Waals surface area contributed by atoms with E-state index in [1.54, 1.807) is 14.2 Å². The van der Waals surface area contributed by atoms with Crippen molar-refractivity contribution in [1.29, 1.82) is 0 Å². The molecule has 1 N–H and O–H groups in total. The summed E-state index contributed by atoms with van der Waals surface area (Å²) in [6.07, 6.45) is 3.69. The summed E-state index contributed by atoms with van der Waals surface area (Å²) < 4.78 is 4.97. The lowest BCUT2D eigenvalue weighted by molar-refractivity contribution is -0.131. The molecule has 0 aliphatic carbocycles. The predicted octanol–water partition coefficient (Wildman–Crippen LogP) is 0.923. The molecule has 0 spiro atoms. The highest BCUT2D eigenvalue weighted by molar-refractivity contribution is 5.76. The lowest BCUT2D eigenvalue weighted by Gasteiger charge is -2.34. The van der Waals surface area contributed by atoms with Crippen molar-refractivity contribution in [2.75, 3.05) is 46.9 Å². The molecule has 2 heterocycles. The summed E-state index contributed by atoms with van der Waals surface area (Å²) >= 11 is 0. The number of carbonyl (C=O) groups excluding carboxylic acids is 2. The Hall–Kier alpha value is -1.30. The molecule has 1 unspecified atom stereocenters. The van der Waals surface area contributed by atoms with E-state index in [2.05, 4.69) is 5.32 Å². The van der Waals surface area contributed by atoms with Crippen molar-refractivity contribution in [2.45, 2.75) is 25.7 Å². The van der Waals surface area contributed by atoms with Crippen LogP contribution in [0.2, 0.25) is 0 Å². The Labute approximate surface area is 126 Å². The smallest absolute Gasteiger partial charge is 0.317 e. The lowest BCUT2D eigenvalue weighted by atomic mass is 9.84. The van der Waals surface area contributed by atoms with E-state index in [-0.39, 0.29) is 11.9 Å². The third kappa shape index (κ3) is 4.09. The number of piperidine rings is 1. The number of hydrogen-bond acceptors (Lipinski definition) is 3. The first-order valence-electron chi connectivity index (χ1n) is 7.89. The normalized spacial score (nSPS) is 23.4. The minimum Gasteiger partial charge on any atom is -0.384 e. The van der Waals surface area contributed by atoms with Gasteiger partial charge in [0.05, 0.1) is 13.0 Å². The van der Waals surface area contributed by atoms with Crippen LogP contribution in [0.3, 0.4) is 0 Å². The number of ether oxygens (including phenoxy) is 1. The summed E-state index contributed by atoms with van der Waals surface area (Å²) in [5.41, 5.74) is 0. The molecule has 21 heavy (non-hydrogen) atoms. The van der Waals surface area contributed by atoms with Crippen molar-refractivity contribution in [3.8, 4) is 0 Å². The Morgan fingerprint density at radius 1 is 1.10 bits per heavy atom. The zero-order valence-electron chi connectivity index (χ0n) is 13.1. The van der Waals surface area contributed by atoms with Gasteiger partial charge in [-0.05, 0) is 31.1 Å². The molecule has 2 aliphatic heterocycles. The second kappa shape index (κ2) is 7.64. The fraction of sp³-hybridized carbons (Fsp3) is 0.867. The number of carbonyl (C=O) groups is 2. The van der Waals surface area contributed by atoms with Gasteiger partial charge in [0.25, 0.3) is 0 Å². The van der Waals surface area contributed by atoms with Gasteiger partial charge in [0.2, 0.25) is 5.91 Å². The summed E-state index contributed by atoms with van der Waals surface area (Å²) in [4.78, 5) is 27.4. The lowest BCUT2D eigenvalue weighted by Crippen LogP contribution is -2.44. The van der Waals surface area contributed by atoms with Crippen molar-refractivity contribution in [2.24, 2.45) is 11.8 Å². The Morgan fingerprint density at radius 3 is 2.33 bits per heavy atom. The van der Waals surface area contributed by atoms with Crippen LogP contribution in [-0.2, 0) is 9.53 Å². The van der Waals surface area contributed by atoms with Gasteiger partial charge < -0.3 is 19.9 Å². The molecular formula is C15H27N3O3. The number of likely N-dealkylation sites (tertiary alicyclic amines) is 2. The van der Waals surface area contributed by atoms with E-state index in [0.717, 1.165) is 45.4 Å². The van der Waals surface area contributed by atoms with Crippen LogP contribution in [0.25, 0.3) is 0 Å².